The summed E-state index contributed by atoms with van der Waals surface area (Å²) in [5, 5.41) is 19.7. The molecule has 0 aromatic heterocycles. The fourth-order valence-corrected chi connectivity index (χ4v) is 2.96. The predicted octanol–water partition coefficient (Wildman–Crippen LogP) is -0.512. The number of nitrogens with zero attached hydrogens (tertiary/aromatic N) is 2. The molecule has 0 aliphatic carbocycles. The number of hydrogen-bond donors (Lipinski definition) is 2. The Bertz CT molecular complexity index is 272. The lowest BCUT2D eigenvalue weighted by atomic mass is 10.0. The third-order valence-corrected chi connectivity index (χ3v) is 3.87. The molecule has 0 saturated carbocycles. The lowest BCUT2D eigenvalue weighted by Gasteiger charge is -2.33. The predicted molar refractivity (Wildman–Crippen MR) is 58.9 cm³/mol. The largest absolute Gasteiger partial charge is 0.394 e. The van der Waals surface area contributed by atoms with E-state index in [1.807, 2.05) is 19.0 Å². The van der Waals surface area contributed by atoms with Crippen molar-refractivity contribution in [1.82, 2.24) is 4.90 Å². The minimum Gasteiger partial charge on any atom is -0.394 e. The van der Waals surface area contributed by atoms with Crippen molar-refractivity contribution in [2.45, 2.75) is 30.1 Å². The van der Waals surface area contributed by atoms with E-state index >= 15 is 0 Å². The van der Waals surface area contributed by atoms with Crippen LogP contribution in [0.5, 0.6) is 0 Å². The van der Waals surface area contributed by atoms with Crippen LogP contribution >= 0.6 is 11.8 Å². The van der Waals surface area contributed by atoms with Crippen molar-refractivity contribution in [3.05, 3.63) is 0 Å². The second kappa shape index (κ2) is 4.29. The lowest BCUT2D eigenvalue weighted by Crippen LogP contribution is -2.45. The van der Waals surface area contributed by atoms with Gasteiger partial charge in [-0.2, -0.15) is 0 Å². The second-order valence-corrected chi connectivity index (χ2v) is 5.09. The topological polar surface area (TPSA) is 65.3 Å². The summed E-state index contributed by atoms with van der Waals surface area (Å²) < 4.78 is 5.62. The molecule has 0 amide bonds. The average molecular weight is 232 g/mol. The van der Waals surface area contributed by atoms with Gasteiger partial charge in [0.25, 0.3) is 0 Å². The minimum atomic E-state index is -0.508. The normalized spacial score (nSPS) is 39.9. The highest BCUT2D eigenvalue weighted by molar-refractivity contribution is 8.14. The molecule has 6 heteroatoms. The van der Waals surface area contributed by atoms with Gasteiger partial charge in [0.05, 0.1) is 18.8 Å². The summed E-state index contributed by atoms with van der Waals surface area (Å²) in [5.74, 6) is 0. The third-order valence-electron chi connectivity index (χ3n) is 2.57. The molecule has 2 aliphatic heterocycles. The number of amidine groups is 1. The Hall–Kier alpha value is -0.300. The minimum absolute atomic E-state index is 0.0435. The van der Waals surface area contributed by atoms with Crippen LogP contribution in [0.3, 0.4) is 0 Å². The first-order chi connectivity index (χ1) is 7.11. The van der Waals surface area contributed by atoms with Gasteiger partial charge in [-0.15, -0.1) is 0 Å². The van der Waals surface area contributed by atoms with Gasteiger partial charge in [-0.05, 0) is 0 Å². The lowest BCUT2D eigenvalue weighted by molar-refractivity contribution is -0.0875. The molecule has 86 valence electrons. The molecule has 5 nitrogen and oxygen atoms in total. The van der Waals surface area contributed by atoms with Gasteiger partial charge in [-0.3, -0.25) is 4.99 Å². The summed E-state index contributed by atoms with van der Waals surface area (Å²) in [6.45, 7) is -0.0435. The van der Waals surface area contributed by atoms with Gasteiger partial charge in [0.2, 0.25) is 0 Å². The van der Waals surface area contributed by atoms with Crippen molar-refractivity contribution in [2.24, 2.45) is 4.99 Å². The van der Waals surface area contributed by atoms with Gasteiger partial charge >= 0.3 is 0 Å². The standard InChI is InChI=1S/C9H16N2O3S/c1-11(2)9-10-7-6(13)3-5(4-12)14-8(7)15-9/h5-8,12-13H,3-4H2,1-2H3. The summed E-state index contributed by atoms with van der Waals surface area (Å²) in [6.07, 6.45) is -0.307. The van der Waals surface area contributed by atoms with E-state index in [1.54, 1.807) is 0 Å². The van der Waals surface area contributed by atoms with Gasteiger partial charge < -0.3 is 19.8 Å². The molecule has 0 aromatic carbocycles. The van der Waals surface area contributed by atoms with Crippen molar-refractivity contribution >= 4 is 16.9 Å². The molecule has 0 aromatic rings. The summed E-state index contributed by atoms with van der Waals surface area (Å²) in [6, 6.07) is -0.185. The first-order valence-corrected chi connectivity index (χ1v) is 5.86. The van der Waals surface area contributed by atoms with Crippen LogP contribution in [0.4, 0.5) is 0 Å². The highest BCUT2D eigenvalue weighted by atomic mass is 32.2. The Morgan fingerprint density at radius 3 is 2.93 bits per heavy atom. The van der Waals surface area contributed by atoms with E-state index < -0.39 is 6.10 Å². The van der Waals surface area contributed by atoms with Crippen LogP contribution in [0.2, 0.25) is 0 Å². The van der Waals surface area contributed by atoms with Gasteiger partial charge in [0.15, 0.2) is 5.17 Å². The Kier molecular flexibility index (Phi) is 3.20. The van der Waals surface area contributed by atoms with E-state index in [-0.39, 0.29) is 24.2 Å². The summed E-state index contributed by atoms with van der Waals surface area (Å²) in [4.78, 5) is 6.32. The van der Waals surface area contributed by atoms with Crippen LogP contribution < -0.4 is 0 Å². The molecule has 1 fully saturated rings. The molecule has 1 saturated heterocycles. The molecule has 2 aliphatic rings. The van der Waals surface area contributed by atoms with Crippen molar-refractivity contribution in [3.63, 3.8) is 0 Å². The Morgan fingerprint density at radius 2 is 2.33 bits per heavy atom. The summed E-state index contributed by atoms with van der Waals surface area (Å²) in [5.41, 5.74) is -0.150. The van der Waals surface area contributed by atoms with Gasteiger partial charge in [0, 0.05) is 20.5 Å². The summed E-state index contributed by atoms with van der Waals surface area (Å²) in [7, 11) is 3.83. The fourth-order valence-electron chi connectivity index (χ4n) is 1.76. The molecule has 4 unspecified atom stereocenters. The van der Waals surface area contributed by atoms with E-state index in [0.717, 1.165) is 5.17 Å². The SMILES string of the molecule is CN(C)C1=NC2C(O)CC(CO)OC2S1. The van der Waals surface area contributed by atoms with Crippen LogP contribution in [0.25, 0.3) is 0 Å². The van der Waals surface area contributed by atoms with Crippen LogP contribution in [0.1, 0.15) is 6.42 Å². The van der Waals surface area contributed by atoms with Crippen molar-refractivity contribution < 1.29 is 14.9 Å². The van der Waals surface area contributed by atoms with Crippen LogP contribution in [-0.2, 0) is 4.74 Å². The number of aliphatic hydroxyl groups excluding tert-OH is 2. The molecule has 2 N–H and O–H groups in total. The van der Waals surface area contributed by atoms with Crippen LogP contribution in [-0.4, -0.2) is 64.7 Å². The number of fused-ring (bicyclic) bond motifs is 1. The van der Waals surface area contributed by atoms with Crippen molar-refractivity contribution in [3.8, 4) is 0 Å². The van der Waals surface area contributed by atoms with E-state index in [0.29, 0.717) is 6.42 Å². The highest BCUT2D eigenvalue weighted by Crippen LogP contribution is 2.36. The zero-order chi connectivity index (χ0) is 11.0. The van der Waals surface area contributed by atoms with Crippen molar-refractivity contribution in [1.29, 1.82) is 0 Å². The average Bonchev–Trinajstić information content (AvgIpc) is 2.61. The van der Waals surface area contributed by atoms with Crippen LogP contribution in [0.15, 0.2) is 4.99 Å². The van der Waals surface area contributed by atoms with Crippen molar-refractivity contribution in [2.75, 3.05) is 20.7 Å². The molecule has 15 heavy (non-hydrogen) atoms. The number of aliphatic imine (C=N–C) groups is 1. The van der Waals surface area contributed by atoms with Gasteiger partial charge in [-0.1, -0.05) is 11.8 Å². The molecule has 2 rings (SSSR count). The number of hydrogen-bond acceptors (Lipinski definition) is 6. The monoisotopic (exact) mass is 232 g/mol. The highest BCUT2D eigenvalue weighted by Gasteiger charge is 2.43. The van der Waals surface area contributed by atoms with Gasteiger partial charge in [0.1, 0.15) is 11.5 Å². The zero-order valence-corrected chi connectivity index (χ0v) is 9.65. The number of ether oxygens (including phenoxy) is 1. The van der Waals surface area contributed by atoms with E-state index in [1.165, 1.54) is 11.8 Å². The molecular formula is C9H16N2O3S. The number of aliphatic hydroxyl groups is 2. The molecule has 4 atom stereocenters. The molecular weight excluding hydrogens is 216 g/mol. The first-order valence-electron chi connectivity index (χ1n) is 4.98. The van der Waals surface area contributed by atoms with Crippen LogP contribution in [0, 0.1) is 0 Å². The van der Waals surface area contributed by atoms with E-state index in [9.17, 15) is 5.11 Å². The number of thioether (sulfide) groups is 1. The summed E-state index contributed by atoms with van der Waals surface area (Å²) >= 11 is 1.51. The Labute approximate surface area is 93.1 Å². The Morgan fingerprint density at radius 1 is 1.60 bits per heavy atom. The van der Waals surface area contributed by atoms with E-state index in [4.69, 9.17) is 9.84 Å². The first kappa shape index (κ1) is 11.2. The third kappa shape index (κ3) is 2.13. The van der Waals surface area contributed by atoms with Gasteiger partial charge in [-0.25, -0.2) is 0 Å². The molecule has 0 radical (unpaired) electrons. The quantitative estimate of drug-likeness (QED) is 0.637. The van der Waals surface area contributed by atoms with E-state index in [2.05, 4.69) is 4.99 Å². The molecule has 0 spiro atoms. The second-order valence-electron chi connectivity index (χ2n) is 4.03. The smallest absolute Gasteiger partial charge is 0.161 e. The maximum absolute atomic E-state index is 9.85. The maximum Gasteiger partial charge on any atom is 0.161 e. The maximum atomic E-state index is 9.85. The fraction of sp³-hybridized carbons (Fsp3) is 0.889. The number of rotatable bonds is 1. The molecule has 0 bridgehead atoms. The zero-order valence-electron chi connectivity index (χ0n) is 8.83. The molecule has 2 heterocycles. The Balaban J connectivity index is 2.07.